The summed E-state index contributed by atoms with van der Waals surface area (Å²) in [6.07, 6.45) is 5.37. The fraction of sp³-hybridized carbons (Fsp3) is 0.474. The first-order valence-corrected chi connectivity index (χ1v) is 8.83. The van der Waals surface area contributed by atoms with Gasteiger partial charge in [-0.05, 0) is 23.6 Å². The normalized spacial score (nSPS) is 15.1. The number of carbonyl (C=O) groups excluding carboxylic acids is 1. The van der Waals surface area contributed by atoms with Crippen molar-refractivity contribution in [2.75, 3.05) is 13.2 Å². The van der Waals surface area contributed by atoms with Crippen molar-refractivity contribution in [1.29, 1.82) is 0 Å². The Balaban J connectivity index is 1.63. The van der Waals surface area contributed by atoms with Gasteiger partial charge < -0.3 is 19.3 Å². The Labute approximate surface area is 147 Å². The lowest BCUT2D eigenvalue weighted by Crippen LogP contribution is -2.43. The van der Waals surface area contributed by atoms with Crippen LogP contribution in [0.1, 0.15) is 48.2 Å². The number of aliphatic hydroxyl groups excluding tert-OH is 1. The highest BCUT2D eigenvalue weighted by molar-refractivity contribution is 5.91. The van der Waals surface area contributed by atoms with Crippen LogP contribution in [0.15, 0.2) is 40.9 Å². The van der Waals surface area contributed by atoms with E-state index in [9.17, 15) is 9.90 Å². The monoisotopic (exact) mass is 344 g/mol. The fourth-order valence-electron chi connectivity index (χ4n) is 3.25. The first-order valence-electron chi connectivity index (χ1n) is 8.83. The summed E-state index contributed by atoms with van der Waals surface area (Å²) >= 11 is 0. The molecule has 6 heteroatoms. The highest BCUT2D eigenvalue weighted by Crippen LogP contribution is 2.25. The van der Waals surface area contributed by atoms with Crippen LogP contribution in [0.25, 0.3) is 0 Å². The lowest BCUT2D eigenvalue weighted by molar-refractivity contribution is 0.0544. The molecule has 1 aromatic carbocycles. The minimum Gasteiger partial charge on any atom is -0.471 e. The maximum atomic E-state index is 12.7. The summed E-state index contributed by atoms with van der Waals surface area (Å²) in [6, 6.07) is 11.4. The van der Waals surface area contributed by atoms with E-state index in [1.54, 1.807) is 4.90 Å². The van der Waals surface area contributed by atoms with Crippen molar-refractivity contribution in [3.63, 3.8) is 0 Å². The van der Waals surface area contributed by atoms with Crippen molar-refractivity contribution < 1.29 is 19.2 Å². The Kier molecular flexibility index (Phi) is 6.06. The van der Waals surface area contributed by atoms with E-state index in [-0.39, 0.29) is 24.3 Å². The molecule has 0 unspecified atom stereocenters. The molecule has 1 aliphatic rings. The van der Waals surface area contributed by atoms with Gasteiger partial charge in [-0.15, -0.1) is 0 Å². The Morgan fingerprint density at radius 2 is 2.00 bits per heavy atom. The quantitative estimate of drug-likeness (QED) is 0.835. The van der Waals surface area contributed by atoms with Crippen molar-refractivity contribution in [2.24, 2.45) is 0 Å². The van der Waals surface area contributed by atoms with Gasteiger partial charge in [0.1, 0.15) is 6.61 Å². The zero-order valence-corrected chi connectivity index (χ0v) is 14.3. The largest absolute Gasteiger partial charge is 0.471 e. The van der Waals surface area contributed by atoms with E-state index in [1.165, 1.54) is 12.5 Å². The molecule has 0 saturated heterocycles. The number of ether oxygens (including phenoxy) is 1. The minimum atomic E-state index is -0.233. The molecule has 1 saturated carbocycles. The van der Waals surface area contributed by atoms with Crippen LogP contribution in [0.5, 0.6) is 5.88 Å². The average Bonchev–Trinajstić information content (AvgIpc) is 3.14. The summed E-state index contributed by atoms with van der Waals surface area (Å²) in [5, 5.41) is 13.1. The minimum absolute atomic E-state index is 0.0618. The number of rotatable bonds is 7. The number of hydrogen-bond acceptors (Lipinski definition) is 5. The molecule has 1 aromatic heterocycles. The average molecular weight is 344 g/mol. The number of aliphatic hydroxyl groups is 1. The predicted octanol–water partition coefficient (Wildman–Crippen LogP) is 3.02. The first kappa shape index (κ1) is 17.5. The Morgan fingerprint density at radius 1 is 1.24 bits per heavy atom. The lowest BCUT2D eigenvalue weighted by Gasteiger charge is -2.33. The number of aromatic nitrogens is 1. The summed E-state index contributed by atoms with van der Waals surface area (Å²) in [5.41, 5.74) is 1.02. The van der Waals surface area contributed by atoms with E-state index in [2.05, 4.69) is 5.16 Å². The van der Waals surface area contributed by atoms with Gasteiger partial charge in [0.15, 0.2) is 0 Å². The molecule has 0 radical (unpaired) electrons. The zero-order chi connectivity index (χ0) is 17.5. The summed E-state index contributed by atoms with van der Waals surface area (Å²) in [6.45, 7) is 0.613. The molecule has 1 N–H and O–H groups in total. The van der Waals surface area contributed by atoms with Gasteiger partial charge in [0.05, 0.1) is 12.7 Å². The second-order valence-electron chi connectivity index (χ2n) is 6.32. The molecule has 134 valence electrons. The SMILES string of the molecule is O=C(c1cc(OCc2ccccc2)no1)N(CCO)C1CCCCC1. The Morgan fingerprint density at radius 3 is 2.72 bits per heavy atom. The molecular formula is C19H24N2O4. The molecular weight excluding hydrogens is 320 g/mol. The molecule has 0 bridgehead atoms. The molecule has 1 fully saturated rings. The van der Waals surface area contributed by atoms with E-state index >= 15 is 0 Å². The zero-order valence-electron chi connectivity index (χ0n) is 14.3. The van der Waals surface area contributed by atoms with Gasteiger partial charge in [0.25, 0.3) is 11.8 Å². The summed E-state index contributed by atoms with van der Waals surface area (Å²) in [7, 11) is 0. The molecule has 1 aliphatic carbocycles. The highest BCUT2D eigenvalue weighted by Gasteiger charge is 2.28. The molecule has 2 aromatic rings. The van der Waals surface area contributed by atoms with E-state index in [0.29, 0.717) is 19.0 Å². The van der Waals surface area contributed by atoms with Gasteiger partial charge in [-0.2, -0.15) is 0 Å². The smallest absolute Gasteiger partial charge is 0.292 e. The topological polar surface area (TPSA) is 75.8 Å². The van der Waals surface area contributed by atoms with E-state index in [1.807, 2.05) is 30.3 Å². The van der Waals surface area contributed by atoms with Crippen LogP contribution in [-0.2, 0) is 6.61 Å². The van der Waals surface area contributed by atoms with Crippen molar-refractivity contribution in [3.05, 3.63) is 47.7 Å². The van der Waals surface area contributed by atoms with Crippen LogP contribution in [0, 0.1) is 0 Å². The van der Waals surface area contributed by atoms with Gasteiger partial charge in [0, 0.05) is 12.6 Å². The van der Waals surface area contributed by atoms with Crippen molar-refractivity contribution >= 4 is 5.91 Å². The van der Waals surface area contributed by atoms with Crippen molar-refractivity contribution in [3.8, 4) is 5.88 Å². The predicted molar refractivity (Wildman–Crippen MR) is 92.3 cm³/mol. The molecule has 0 aliphatic heterocycles. The fourth-order valence-corrected chi connectivity index (χ4v) is 3.25. The second-order valence-corrected chi connectivity index (χ2v) is 6.32. The van der Waals surface area contributed by atoms with Gasteiger partial charge in [0.2, 0.25) is 5.76 Å². The number of carbonyl (C=O) groups is 1. The van der Waals surface area contributed by atoms with E-state index in [4.69, 9.17) is 9.26 Å². The molecule has 25 heavy (non-hydrogen) atoms. The van der Waals surface area contributed by atoms with Gasteiger partial charge in [-0.3, -0.25) is 4.79 Å². The number of amides is 1. The first-order chi connectivity index (χ1) is 12.3. The lowest BCUT2D eigenvalue weighted by atomic mass is 9.94. The Hall–Kier alpha value is -2.34. The van der Waals surface area contributed by atoms with Crippen LogP contribution in [0.4, 0.5) is 0 Å². The molecule has 1 heterocycles. The second kappa shape index (κ2) is 8.67. The molecule has 1 amide bonds. The standard InChI is InChI=1S/C19H24N2O4/c22-12-11-21(16-9-5-2-6-10-16)19(23)17-13-18(20-25-17)24-14-15-7-3-1-4-8-15/h1,3-4,7-8,13,16,22H,2,5-6,9-12,14H2. The molecule has 0 spiro atoms. The molecule has 0 atom stereocenters. The van der Waals surface area contributed by atoms with Gasteiger partial charge in [-0.25, -0.2) is 0 Å². The van der Waals surface area contributed by atoms with E-state index in [0.717, 1.165) is 31.2 Å². The summed E-state index contributed by atoms with van der Waals surface area (Å²) in [4.78, 5) is 14.5. The van der Waals surface area contributed by atoms with E-state index < -0.39 is 0 Å². The third-order valence-corrected chi connectivity index (χ3v) is 4.55. The Bertz CT molecular complexity index is 665. The van der Waals surface area contributed by atoms with Gasteiger partial charge >= 0.3 is 0 Å². The highest BCUT2D eigenvalue weighted by atomic mass is 16.5. The van der Waals surface area contributed by atoms with Crippen molar-refractivity contribution in [2.45, 2.75) is 44.8 Å². The van der Waals surface area contributed by atoms with Crippen LogP contribution in [-0.4, -0.2) is 40.3 Å². The van der Waals surface area contributed by atoms with Crippen LogP contribution < -0.4 is 4.74 Å². The summed E-state index contributed by atoms with van der Waals surface area (Å²) in [5.74, 6) is 0.213. The van der Waals surface area contributed by atoms with Crippen LogP contribution >= 0.6 is 0 Å². The third-order valence-electron chi connectivity index (χ3n) is 4.55. The van der Waals surface area contributed by atoms with Crippen molar-refractivity contribution in [1.82, 2.24) is 10.1 Å². The number of hydrogen-bond donors (Lipinski definition) is 1. The number of benzene rings is 1. The number of nitrogens with zero attached hydrogens (tertiary/aromatic N) is 2. The van der Waals surface area contributed by atoms with Crippen LogP contribution in [0.3, 0.4) is 0 Å². The maximum absolute atomic E-state index is 12.7. The third kappa shape index (κ3) is 4.60. The molecule has 3 rings (SSSR count). The maximum Gasteiger partial charge on any atom is 0.292 e. The van der Waals surface area contributed by atoms with Gasteiger partial charge in [-0.1, -0.05) is 49.6 Å². The molecule has 6 nitrogen and oxygen atoms in total. The summed E-state index contributed by atoms with van der Waals surface area (Å²) < 4.78 is 10.8. The van der Waals surface area contributed by atoms with Crippen LogP contribution in [0.2, 0.25) is 0 Å².